The van der Waals surface area contributed by atoms with E-state index in [1.165, 1.54) is 5.56 Å². The van der Waals surface area contributed by atoms with Gasteiger partial charge in [0.25, 0.3) is 5.91 Å². The van der Waals surface area contributed by atoms with Crippen LogP contribution in [0.15, 0.2) is 54.6 Å². The number of nitrogens with one attached hydrogen (secondary N) is 2. The van der Waals surface area contributed by atoms with E-state index in [0.29, 0.717) is 18.6 Å². The highest BCUT2D eigenvalue weighted by molar-refractivity contribution is 5.95. The summed E-state index contributed by atoms with van der Waals surface area (Å²) in [6, 6.07) is 16.7. The van der Waals surface area contributed by atoms with Crippen LogP contribution in [0.5, 0.6) is 5.75 Å². The molecule has 5 nitrogen and oxygen atoms in total. The molecule has 0 saturated carbocycles. The van der Waals surface area contributed by atoms with Crippen LogP contribution in [0.3, 0.4) is 0 Å². The summed E-state index contributed by atoms with van der Waals surface area (Å²) in [6.07, 6.45) is 0.837. The molecule has 26 heavy (non-hydrogen) atoms. The fraction of sp³-hybridized carbons (Fsp3) is 0.333. The molecule has 2 aromatic carbocycles. The molecule has 2 rings (SSSR count). The van der Waals surface area contributed by atoms with Crippen LogP contribution in [-0.4, -0.2) is 18.4 Å². The standard InChI is InChI=1S/C21H26N2O3/c1-21(2,3)17-11-13-18(14-12-17)26-15-7-10-19(24)22-23-20(25)16-8-5-4-6-9-16/h4-6,8-9,11-14H,7,10,15H2,1-3H3,(H,22,24)(H,23,25). The first-order chi connectivity index (χ1) is 12.4. The molecule has 2 N–H and O–H groups in total. The Morgan fingerprint density at radius 3 is 2.19 bits per heavy atom. The first kappa shape index (κ1) is 19.5. The molecular formula is C21H26N2O3. The molecule has 2 amide bonds. The molecule has 138 valence electrons. The highest BCUT2D eigenvalue weighted by Crippen LogP contribution is 2.24. The van der Waals surface area contributed by atoms with Crippen molar-refractivity contribution < 1.29 is 14.3 Å². The number of hydrazine groups is 1. The van der Waals surface area contributed by atoms with Gasteiger partial charge in [-0.3, -0.25) is 20.4 Å². The molecule has 0 spiro atoms. The summed E-state index contributed by atoms with van der Waals surface area (Å²) in [5.41, 5.74) is 6.66. The monoisotopic (exact) mass is 354 g/mol. The molecule has 0 bridgehead atoms. The van der Waals surface area contributed by atoms with Gasteiger partial charge in [0.15, 0.2) is 0 Å². The summed E-state index contributed by atoms with van der Waals surface area (Å²) < 4.78 is 5.65. The predicted molar refractivity (Wildman–Crippen MR) is 102 cm³/mol. The summed E-state index contributed by atoms with van der Waals surface area (Å²) in [6.45, 7) is 6.93. The second-order valence-electron chi connectivity index (χ2n) is 7.09. The summed E-state index contributed by atoms with van der Waals surface area (Å²) in [4.78, 5) is 23.6. The molecule has 0 heterocycles. The maximum atomic E-state index is 11.8. The van der Waals surface area contributed by atoms with Crippen LogP contribution in [0, 0.1) is 0 Å². The van der Waals surface area contributed by atoms with Crippen LogP contribution < -0.4 is 15.6 Å². The maximum Gasteiger partial charge on any atom is 0.269 e. The predicted octanol–water partition coefficient (Wildman–Crippen LogP) is 3.60. The minimum atomic E-state index is -0.339. The lowest BCUT2D eigenvalue weighted by Crippen LogP contribution is -2.41. The van der Waals surface area contributed by atoms with Gasteiger partial charge < -0.3 is 4.74 Å². The molecule has 0 radical (unpaired) electrons. The Morgan fingerprint density at radius 1 is 0.923 bits per heavy atom. The van der Waals surface area contributed by atoms with Gasteiger partial charge in [-0.05, 0) is 41.7 Å². The number of benzene rings is 2. The van der Waals surface area contributed by atoms with Crippen molar-refractivity contribution in [3.8, 4) is 5.75 Å². The molecule has 5 heteroatoms. The fourth-order valence-electron chi connectivity index (χ4n) is 2.32. The van der Waals surface area contributed by atoms with Crippen molar-refractivity contribution in [2.24, 2.45) is 0 Å². The molecule has 0 aliphatic carbocycles. The van der Waals surface area contributed by atoms with E-state index < -0.39 is 0 Å². The van der Waals surface area contributed by atoms with Crippen molar-refractivity contribution in [2.45, 2.75) is 39.0 Å². The van der Waals surface area contributed by atoms with Crippen molar-refractivity contribution >= 4 is 11.8 Å². The first-order valence-electron chi connectivity index (χ1n) is 8.74. The Balaban J connectivity index is 1.65. The summed E-state index contributed by atoms with van der Waals surface area (Å²) in [7, 11) is 0. The minimum Gasteiger partial charge on any atom is -0.494 e. The van der Waals surface area contributed by atoms with Crippen LogP contribution in [0.4, 0.5) is 0 Å². The van der Waals surface area contributed by atoms with Gasteiger partial charge in [0.2, 0.25) is 5.91 Å². The van der Waals surface area contributed by atoms with Crippen LogP contribution in [0.1, 0.15) is 49.5 Å². The summed E-state index contributed by atoms with van der Waals surface area (Å²) in [5.74, 6) is 0.200. The average molecular weight is 354 g/mol. The van der Waals surface area contributed by atoms with Crippen LogP contribution >= 0.6 is 0 Å². The van der Waals surface area contributed by atoms with E-state index in [9.17, 15) is 9.59 Å². The number of carbonyl (C=O) groups excluding carboxylic acids is 2. The number of ether oxygens (including phenoxy) is 1. The van der Waals surface area contributed by atoms with E-state index in [1.807, 2.05) is 18.2 Å². The lowest BCUT2D eigenvalue weighted by Gasteiger charge is -2.19. The molecule has 0 aliphatic rings. The molecule has 0 aliphatic heterocycles. The van der Waals surface area contributed by atoms with Crippen LogP contribution in [-0.2, 0) is 10.2 Å². The van der Waals surface area contributed by atoms with Gasteiger partial charge in [0.05, 0.1) is 6.61 Å². The largest absolute Gasteiger partial charge is 0.494 e. The van der Waals surface area contributed by atoms with Gasteiger partial charge >= 0.3 is 0 Å². The zero-order valence-corrected chi connectivity index (χ0v) is 15.5. The molecule has 0 aromatic heterocycles. The summed E-state index contributed by atoms with van der Waals surface area (Å²) in [5, 5.41) is 0. The number of hydrogen-bond donors (Lipinski definition) is 2. The van der Waals surface area contributed by atoms with Crippen molar-refractivity contribution in [2.75, 3.05) is 6.61 Å². The van der Waals surface area contributed by atoms with Crippen LogP contribution in [0.25, 0.3) is 0 Å². The van der Waals surface area contributed by atoms with E-state index in [2.05, 4.69) is 43.8 Å². The Kier molecular flexibility index (Phi) is 6.78. The SMILES string of the molecule is CC(C)(C)c1ccc(OCCCC(=O)NNC(=O)c2ccccc2)cc1. The number of carbonyl (C=O) groups is 2. The third kappa shape index (κ3) is 6.24. The maximum absolute atomic E-state index is 11.8. The quantitative estimate of drug-likeness (QED) is 0.615. The van der Waals surface area contributed by atoms with Gasteiger partial charge in [-0.25, -0.2) is 0 Å². The molecule has 0 saturated heterocycles. The van der Waals surface area contributed by atoms with Gasteiger partial charge in [0.1, 0.15) is 5.75 Å². The zero-order valence-electron chi connectivity index (χ0n) is 15.5. The number of hydrogen-bond acceptors (Lipinski definition) is 3. The van der Waals surface area contributed by atoms with E-state index in [4.69, 9.17) is 4.74 Å². The molecule has 0 fully saturated rings. The molecule has 0 atom stereocenters. The Bertz CT molecular complexity index is 719. The second kappa shape index (κ2) is 9.04. The zero-order chi connectivity index (χ0) is 19.0. The first-order valence-corrected chi connectivity index (χ1v) is 8.74. The average Bonchev–Trinajstić information content (AvgIpc) is 2.63. The summed E-state index contributed by atoms with van der Waals surface area (Å²) >= 11 is 0. The molecule has 0 unspecified atom stereocenters. The Hall–Kier alpha value is -2.82. The third-order valence-corrected chi connectivity index (χ3v) is 3.89. The van der Waals surface area contributed by atoms with Gasteiger partial charge in [-0.1, -0.05) is 51.1 Å². The number of rotatable bonds is 6. The van der Waals surface area contributed by atoms with E-state index in [1.54, 1.807) is 24.3 Å². The van der Waals surface area contributed by atoms with E-state index in [0.717, 1.165) is 5.75 Å². The highest BCUT2D eigenvalue weighted by Gasteiger charge is 2.13. The normalized spacial score (nSPS) is 10.9. The van der Waals surface area contributed by atoms with E-state index in [-0.39, 0.29) is 23.7 Å². The van der Waals surface area contributed by atoms with E-state index >= 15 is 0 Å². The smallest absolute Gasteiger partial charge is 0.269 e. The van der Waals surface area contributed by atoms with Crippen LogP contribution in [0.2, 0.25) is 0 Å². The Morgan fingerprint density at radius 2 is 1.58 bits per heavy atom. The van der Waals surface area contributed by atoms with Gasteiger partial charge in [-0.2, -0.15) is 0 Å². The molecule has 2 aromatic rings. The van der Waals surface area contributed by atoms with Crippen molar-refractivity contribution in [1.82, 2.24) is 10.9 Å². The lowest BCUT2D eigenvalue weighted by atomic mass is 9.87. The lowest BCUT2D eigenvalue weighted by molar-refractivity contribution is -0.122. The Labute approximate surface area is 154 Å². The number of amides is 2. The topological polar surface area (TPSA) is 67.4 Å². The molecular weight excluding hydrogens is 328 g/mol. The van der Waals surface area contributed by atoms with Gasteiger partial charge in [0, 0.05) is 12.0 Å². The van der Waals surface area contributed by atoms with Gasteiger partial charge in [-0.15, -0.1) is 0 Å². The highest BCUT2D eigenvalue weighted by atomic mass is 16.5. The van der Waals surface area contributed by atoms with Crippen molar-refractivity contribution in [3.05, 3.63) is 65.7 Å². The third-order valence-electron chi connectivity index (χ3n) is 3.89. The second-order valence-corrected chi connectivity index (χ2v) is 7.09. The van der Waals surface area contributed by atoms with Crippen molar-refractivity contribution in [3.63, 3.8) is 0 Å². The minimum absolute atomic E-state index is 0.112. The fourth-order valence-corrected chi connectivity index (χ4v) is 2.32. The van der Waals surface area contributed by atoms with Crippen molar-refractivity contribution in [1.29, 1.82) is 0 Å².